The molecule has 2 rings (SSSR count). The van der Waals surface area contributed by atoms with Crippen LogP contribution >= 0.6 is 0 Å². The molecule has 1 aromatic rings. The second-order valence-electron chi connectivity index (χ2n) is 4.80. The molecule has 1 aliphatic rings. The lowest BCUT2D eigenvalue weighted by atomic mass is 9.92. The predicted molar refractivity (Wildman–Crippen MR) is 63.3 cm³/mol. The summed E-state index contributed by atoms with van der Waals surface area (Å²) in [6.45, 7) is 0. The van der Waals surface area contributed by atoms with E-state index >= 15 is 0 Å². The number of alkyl halides is 3. The number of nitrogens with one attached hydrogen (secondary N) is 1. The lowest BCUT2D eigenvalue weighted by Crippen LogP contribution is -2.36. The number of halogens is 4. The second-order valence-corrected chi connectivity index (χ2v) is 4.80. The third kappa shape index (κ3) is 3.37. The molecule has 2 nitrogen and oxygen atoms in total. The maximum Gasteiger partial charge on any atom is 0.416 e. The Hall–Kier alpha value is -1.30. The molecule has 1 fully saturated rings. The molecule has 1 saturated carbocycles. The minimum absolute atomic E-state index is 0.208. The maximum atomic E-state index is 13.5. The van der Waals surface area contributed by atoms with Crippen LogP contribution in [0.3, 0.4) is 0 Å². The standard InChI is InChI=1S/C13H15F4NO/c14-9-6-5-8(13(15,16)17)7-11(9)18-10-3-1-2-4-12(10)19/h5-7,10,12,18-19H,1-4H2/t10-,12-/m1/s1. The van der Waals surface area contributed by atoms with Crippen LogP contribution in [0.25, 0.3) is 0 Å². The zero-order valence-electron chi connectivity index (χ0n) is 10.2. The lowest BCUT2D eigenvalue weighted by Gasteiger charge is -2.29. The van der Waals surface area contributed by atoms with Gasteiger partial charge in [0, 0.05) is 0 Å². The third-order valence-electron chi connectivity index (χ3n) is 3.36. The van der Waals surface area contributed by atoms with Crippen LogP contribution in [0.2, 0.25) is 0 Å². The van der Waals surface area contributed by atoms with Crippen molar-refractivity contribution >= 4 is 5.69 Å². The van der Waals surface area contributed by atoms with Gasteiger partial charge in [0.15, 0.2) is 0 Å². The van der Waals surface area contributed by atoms with Crippen molar-refractivity contribution in [3.8, 4) is 0 Å². The van der Waals surface area contributed by atoms with E-state index in [1.165, 1.54) is 0 Å². The van der Waals surface area contributed by atoms with Crippen molar-refractivity contribution in [1.82, 2.24) is 0 Å². The van der Waals surface area contributed by atoms with Gasteiger partial charge in [-0.15, -0.1) is 0 Å². The number of aliphatic hydroxyl groups excluding tert-OH is 1. The third-order valence-corrected chi connectivity index (χ3v) is 3.36. The van der Waals surface area contributed by atoms with E-state index < -0.39 is 29.7 Å². The van der Waals surface area contributed by atoms with Gasteiger partial charge in [-0.2, -0.15) is 13.2 Å². The highest BCUT2D eigenvalue weighted by Crippen LogP contribution is 2.32. The van der Waals surface area contributed by atoms with Crippen molar-refractivity contribution in [3.63, 3.8) is 0 Å². The Morgan fingerprint density at radius 2 is 1.84 bits per heavy atom. The van der Waals surface area contributed by atoms with Crippen molar-refractivity contribution in [2.24, 2.45) is 0 Å². The van der Waals surface area contributed by atoms with Crippen LogP contribution in [-0.2, 0) is 6.18 Å². The monoisotopic (exact) mass is 277 g/mol. The lowest BCUT2D eigenvalue weighted by molar-refractivity contribution is -0.137. The summed E-state index contributed by atoms with van der Waals surface area (Å²) < 4.78 is 51.2. The minimum atomic E-state index is -4.50. The van der Waals surface area contributed by atoms with Crippen LogP contribution in [0.1, 0.15) is 31.2 Å². The zero-order chi connectivity index (χ0) is 14.0. The molecule has 106 valence electrons. The largest absolute Gasteiger partial charge is 0.416 e. The number of anilines is 1. The van der Waals surface area contributed by atoms with Crippen LogP contribution in [0.5, 0.6) is 0 Å². The molecule has 0 unspecified atom stereocenters. The number of hydrogen-bond donors (Lipinski definition) is 2. The molecule has 0 amide bonds. The highest BCUT2D eigenvalue weighted by Gasteiger charge is 2.32. The first kappa shape index (κ1) is 14.1. The van der Waals surface area contributed by atoms with Crippen molar-refractivity contribution in [1.29, 1.82) is 0 Å². The Balaban J connectivity index is 2.19. The van der Waals surface area contributed by atoms with E-state index in [-0.39, 0.29) is 5.69 Å². The van der Waals surface area contributed by atoms with Crippen LogP contribution in [0.15, 0.2) is 18.2 Å². The van der Waals surface area contributed by atoms with Gasteiger partial charge in [-0.1, -0.05) is 12.8 Å². The molecule has 0 spiro atoms. The summed E-state index contributed by atoms with van der Waals surface area (Å²) in [6, 6.07) is 1.85. The van der Waals surface area contributed by atoms with Crippen molar-refractivity contribution < 1.29 is 22.7 Å². The molecule has 6 heteroatoms. The smallest absolute Gasteiger partial charge is 0.391 e. The van der Waals surface area contributed by atoms with Gasteiger partial charge in [0.25, 0.3) is 0 Å². The van der Waals surface area contributed by atoms with Gasteiger partial charge in [0.05, 0.1) is 23.4 Å². The minimum Gasteiger partial charge on any atom is -0.391 e. The summed E-state index contributed by atoms with van der Waals surface area (Å²) >= 11 is 0. The van der Waals surface area contributed by atoms with E-state index in [1.807, 2.05) is 0 Å². The fraction of sp³-hybridized carbons (Fsp3) is 0.538. The van der Waals surface area contributed by atoms with Gasteiger partial charge in [0.1, 0.15) is 5.82 Å². The molecule has 0 heterocycles. The Kier molecular flexibility index (Phi) is 3.99. The molecule has 0 radical (unpaired) electrons. The van der Waals surface area contributed by atoms with E-state index in [4.69, 9.17) is 0 Å². The van der Waals surface area contributed by atoms with Gasteiger partial charge in [0.2, 0.25) is 0 Å². The molecule has 1 aromatic carbocycles. The molecular weight excluding hydrogens is 262 g/mol. The van der Waals surface area contributed by atoms with Crippen LogP contribution in [0, 0.1) is 5.82 Å². The van der Waals surface area contributed by atoms with Crippen molar-refractivity contribution in [3.05, 3.63) is 29.6 Å². The summed E-state index contributed by atoms with van der Waals surface area (Å²) in [4.78, 5) is 0. The number of hydrogen-bond acceptors (Lipinski definition) is 2. The molecule has 0 aliphatic heterocycles. The average Bonchev–Trinajstić information content (AvgIpc) is 2.33. The van der Waals surface area contributed by atoms with E-state index in [9.17, 15) is 22.7 Å². The maximum absolute atomic E-state index is 13.5. The second kappa shape index (κ2) is 5.36. The van der Waals surface area contributed by atoms with Gasteiger partial charge in [-0.05, 0) is 31.0 Å². The summed E-state index contributed by atoms with van der Waals surface area (Å²) in [6.07, 6.45) is -2.20. The summed E-state index contributed by atoms with van der Waals surface area (Å²) in [5.74, 6) is -0.745. The van der Waals surface area contributed by atoms with E-state index in [0.29, 0.717) is 18.9 Å². The quantitative estimate of drug-likeness (QED) is 0.810. The Bertz CT molecular complexity index is 447. The molecule has 0 aromatic heterocycles. The average molecular weight is 277 g/mol. The SMILES string of the molecule is O[C@@H]1CCCC[C@H]1Nc1cc(C(F)(F)F)ccc1F. The Morgan fingerprint density at radius 1 is 1.16 bits per heavy atom. The van der Waals surface area contributed by atoms with Gasteiger partial charge >= 0.3 is 6.18 Å². The Labute approximate surface area is 108 Å². The van der Waals surface area contributed by atoms with Crippen molar-refractivity contribution in [2.45, 2.75) is 44.0 Å². The highest BCUT2D eigenvalue weighted by atomic mass is 19.4. The first-order chi connectivity index (χ1) is 8.88. The van der Waals surface area contributed by atoms with Gasteiger partial charge in [-0.3, -0.25) is 0 Å². The van der Waals surface area contributed by atoms with E-state index in [2.05, 4.69) is 5.32 Å². The van der Waals surface area contributed by atoms with Crippen molar-refractivity contribution in [2.75, 3.05) is 5.32 Å². The Morgan fingerprint density at radius 3 is 2.47 bits per heavy atom. The van der Waals surface area contributed by atoms with Crippen LogP contribution in [0.4, 0.5) is 23.2 Å². The predicted octanol–water partition coefficient (Wildman–Crippen LogP) is 3.56. The van der Waals surface area contributed by atoms with Crippen LogP contribution in [-0.4, -0.2) is 17.3 Å². The molecular formula is C13H15F4NO. The van der Waals surface area contributed by atoms with Crippen LogP contribution < -0.4 is 5.32 Å². The molecule has 1 aliphatic carbocycles. The van der Waals surface area contributed by atoms with E-state index in [1.54, 1.807) is 0 Å². The summed E-state index contributed by atoms with van der Waals surface area (Å²) in [5, 5.41) is 12.4. The van der Waals surface area contributed by atoms with Gasteiger partial charge < -0.3 is 10.4 Å². The summed E-state index contributed by atoms with van der Waals surface area (Å²) in [7, 11) is 0. The zero-order valence-corrected chi connectivity index (χ0v) is 10.2. The molecule has 2 atom stereocenters. The summed E-state index contributed by atoms with van der Waals surface area (Å²) in [5.41, 5.74) is -1.11. The number of rotatable bonds is 2. The van der Waals surface area contributed by atoms with Gasteiger partial charge in [-0.25, -0.2) is 4.39 Å². The molecule has 19 heavy (non-hydrogen) atoms. The number of benzene rings is 1. The fourth-order valence-corrected chi connectivity index (χ4v) is 2.29. The highest BCUT2D eigenvalue weighted by molar-refractivity contribution is 5.49. The first-order valence-corrected chi connectivity index (χ1v) is 6.19. The number of aliphatic hydroxyl groups is 1. The molecule has 0 bridgehead atoms. The molecule has 0 saturated heterocycles. The normalized spacial score (nSPS) is 24.3. The molecule has 2 N–H and O–H groups in total. The first-order valence-electron chi connectivity index (χ1n) is 6.19. The van der Waals surface area contributed by atoms with E-state index in [0.717, 1.165) is 25.0 Å². The fourth-order valence-electron chi connectivity index (χ4n) is 2.29. The topological polar surface area (TPSA) is 32.3 Å².